The second-order valence-electron chi connectivity index (χ2n) is 5.67. The molecular formula is C17H20ClN3O2S. The molecule has 5 nitrogen and oxygen atoms in total. The van der Waals surface area contributed by atoms with Crippen LogP contribution >= 0.6 is 22.9 Å². The van der Waals surface area contributed by atoms with E-state index in [0.29, 0.717) is 23.0 Å². The molecule has 0 unspecified atom stereocenters. The first kappa shape index (κ1) is 17.4. The molecule has 1 fully saturated rings. The number of anilines is 1. The van der Waals surface area contributed by atoms with Crippen LogP contribution in [0.15, 0.2) is 29.6 Å². The standard InChI is InChI=1S/C17H20ClN3O2S/c18-15-4-2-1-3-13(15)5-6-16(22)20-17-19-14(12-24-17)11-21-7-9-23-10-8-21/h1-4,12H,5-11H2,(H,19,20,22). The maximum atomic E-state index is 12.1. The van der Waals surface area contributed by atoms with Crippen LogP contribution in [0.4, 0.5) is 5.13 Å². The number of nitrogens with zero attached hydrogens (tertiary/aromatic N) is 2. The molecule has 1 aromatic carbocycles. The number of thiazole rings is 1. The lowest BCUT2D eigenvalue weighted by Gasteiger charge is -2.25. The van der Waals surface area contributed by atoms with Crippen LogP contribution in [0.2, 0.25) is 5.02 Å². The Morgan fingerprint density at radius 2 is 2.12 bits per heavy atom. The van der Waals surface area contributed by atoms with Gasteiger partial charge in [0.25, 0.3) is 0 Å². The lowest BCUT2D eigenvalue weighted by Crippen LogP contribution is -2.35. The van der Waals surface area contributed by atoms with Crippen molar-refractivity contribution in [3.8, 4) is 0 Å². The smallest absolute Gasteiger partial charge is 0.226 e. The van der Waals surface area contributed by atoms with E-state index in [9.17, 15) is 4.79 Å². The summed E-state index contributed by atoms with van der Waals surface area (Å²) in [5, 5.41) is 6.23. The second-order valence-corrected chi connectivity index (χ2v) is 6.94. The molecule has 24 heavy (non-hydrogen) atoms. The Morgan fingerprint density at radius 3 is 2.92 bits per heavy atom. The number of hydrogen-bond donors (Lipinski definition) is 1. The minimum Gasteiger partial charge on any atom is -0.379 e. The van der Waals surface area contributed by atoms with Crippen molar-refractivity contribution in [2.75, 3.05) is 31.6 Å². The number of aryl methyl sites for hydroxylation is 1. The van der Waals surface area contributed by atoms with Gasteiger partial charge in [-0.3, -0.25) is 9.69 Å². The van der Waals surface area contributed by atoms with Crippen molar-refractivity contribution in [1.82, 2.24) is 9.88 Å². The van der Waals surface area contributed by atoms with Crippen molar-refractivity contribution in [1.29, 1.82) is 0 Å². The number of rotatable bonds is 6. The van der Waals surface area contributed by atoms with Crippen molar-refractivity contribution in [3.63, 3.8) is 0 Å². The predicted octanol–water partition coefficient (Wildman–Crippen LogP) is 3.20. The highest BCUT2D eigenvalue weighted by molar-refractivity contribution is 7.13. The molecule has 2 aromatic rings. The second kappa shape index (κ2) is 8.58. The zero-order chi connectivity index (χ0) is 16.8. The number of carbonyl (C=O) groups is 1. The van der Waals surface area contributed by atoms with Crippen LogP contribution in [0, 0.1) is 0 Å². The minimum atomic E-state index is -0.0396. The molecule has 1 amide bonds. The van der Waals surface area contributed by atoms with E-state index in [1.54, 1.807) is 0 Å². The van der Waals surface area contributed by atoms with Crippen molar-refractivity contribution >= 4 is 34.0 Å². The molecule has 3 rings (SSSR count). The number of hydrogen-bond acceptors (Lipinski definition) is 5. The number of carbonyl (C=O) groups excluding carboxylic acids is 1. The summed E-state index contributed by atoms with van der Waals surface area (Å²) in [6, 6.07) is 7.60. The van der Waals surface area contributed by atoms with Crippen molar-refractivity contribution in [2.24, 2.45) is 0 Å². The van der Waals surface area contributed by atoms with E-state index in [1.165, 1.54) is 11.3 Å². The molecule has 1 aromatic heterocycles. The molecule has 2 heterocycles. The number of halogens is 1. The lowest BCUT2D eigenvalue weighted by atomic mass is 10.1. The Morgan fingerprint density at radius 1 is 1.33 bits per heavy atom. The zero-order valence-corrected chi connectivity index (χ0v) is 14.9. The van der Waals surface area contributed by atoms with Gasteiger partial charge in [0.15, 0.2) is 5.13 Å². The van der Waals surface area contributed by atoms with Crippen LogP contribution in [0.1, 0.15) is 17.7 Å². The third-order valence-electron chi connectivity index (χ3n) is 3.87. The Balaban J connectivity index is 1.47. The zero-order valence-electron chi connectivity index (χ0n) is 13.3. The monoisotopic (exact) mass is 365 g/mol. The van der Waals surface area contributed by atoms with Gasteiger partial charge in [0, 0.05) is 36.5 Å². The van der Waals surface area contributed by atoms with E-state index in [-0.39, 0.29) is 5.91 Å². The van der Waals surface area contributed by atoms with E-state index in [4.69, 9.17) is 16.3 Å². The van der Waals surface area contributed by atoms with Gasteiger partial charge in [0.2, 0.25) is 5.91 Å². The Labute approximate surface area is 150 Å². The average Bonchev–Trinajstić information content (AvgIpc) is 3.02. The summed E-state index contributed by atoms with van der Waals surface area (Å²) < 4.78 is 5.34. The summed E-state index contributed by atoms with van der Waals surface area (Å²) in [5.41, 5.74) is 1.98. The predicted molar refractivity (Wildman–Crippen MR) is 96.6 cm³/mol. The molecule has 1 aliphatic heterocycles. The number of aromatic nitrogens is 1. The van der Waals surface area contributed by atoms with Crippen molar-refractivity contribution in [3.05, 3.63) is 45.9 Å². The van der Waals surface area contributed by atoms with Gasteiger partial charge in [-0.1, -0.05) is 29.8 Å². The molecule has 1 N–H and O–H groups in total. The van der Waals surface area contributed by atoms with Crippen LogP contribution in [-0.2, 0) is 22.5 Å². The topological polar surface area (TPSA) is 54.5 Å². The molecule has 0 aliphatic carbocycles. The fourth-order valence-corrected chi connectivity index (χ4v) is 3.50. The molecule has 0 spiro atoms. The van der Waals surface area contributed by atoms with Gasteiger partial charge >= 0.3 is 0 Å². The van der Waals surface area contributed by atoms with Gasteiger partial charge in [-0.2, -0.15) is 0 Å². The Kier molecular flexibility index (Phi) is 6.20. The molecule has 0 radical (unpaired) electrons. The fourth-order valence-electron chi connectivity index (χ4n) is 2.56. The van der Waals surface area contributed by atoms with E-state index < -0.39 is 0 Å². The summed E-state index contributed by atoms with van der Waals surface area (Å²) in [5.74, 6) is -0.0396. The van der Waals surface area contributed by atoms with Gasteiger partial charge in [0.1, 0.15) is 0 Å². The number of benzene rings is 1. The summed E-state index contributed by atoms with van der Waals surface area (Å²) in [6.07, 6.45) is 1.01. The van der Waals surface area contributed by atoms with Crippen LogP contribution in [0.5, 0.6) is 0 Å². The van der Waals surface area contributed by atoms with Crippen LogP contribution in [-0.4, -0.2) is 42.1 Å². The summed E-state index contributed by atoms with van der Waals surface area (Å²) >= 11 is 7.57. The lowest BCUT2D eigenvalue weighted by molar-refractivity contribution is -0.116. The normalized spacial score (nSPS) is 15.4. The first-order chi connectivity index (χ1) is 11.7. The molecule has 128 valence electrons. The van der Waals surface area contributed by atoms with E-state index >= 15 is 0 Å². The molecule has 0 saturated carbocycles. The number of amides is 1. The van der Waals surface area contributed by atoms with E-state index in [0.717, 1.165) is 44.1 Å². The van der Waals surface area contributed by atoms with Gasteiger partial charge in [0.05, 0.1) is 18.9 Å². The largest absolute Gasteiger partial charge is 0.379 e. The van der Waals surface area contributed by atoms with Gasteiger partial charge < -0.3 is 10.1 Å². The Hall–Kier alpha value is -1.47. The summed E-state index contributed by atoms with van der Waals surface area (Å²) in [4.78, 5) is 18.9. The highest BCUT2D eigenvalue weighted by Crippen LogP contribution is 2.19. The van der Waals surface area contributed by atoms with Gasteiger partial charge in [-0.15, -0.1) is 11.3 Å². The van der Waals surface area contributed by atoms with Crippen molar-refractivity contribution < 1.29 is 9.53 Å². The molecular weight excluding hydrogens is 346 g/mol. The molecule has 1 aliphatic rings. The molecule has 0 bridgehead atoms. The minimum absolute atomic E-state index is 0.0396. The number of nitrogens with one attached hydrogen (secondary N) is 1. The van der Waals surface area contributed by atoms with Crippen LogP contribution in [0.25, 0.3) is 0 Å². The third kappa shape index (κ3) is 5.01. The van der Waals surface area contributed by atoms with E-state index in [1.807, 2.05) is 29.6 Å². The highest BCUT2D eigenvalue weighted by atomic mass is 35.5. The molecule has 7 heteroatoms. The molecule has 1 saturated heterocycles. The molecule has 0 atom stereocenters. The average molecular weight is 366 g/mol. The maximum Gasteiger partial charge on any atom is 0.226 e. The fraction of sp³-hybridized carbons (Fsp3) is 0.412. The van der Waals surface area contributed by atoms with Gasteiger partial charge in [-0.05, 0) is 18.1 Å². The third-order valence-corrected chi connectivity index (χ3v) is 5.04. The number of morpholine rings is 1. The first-order valence-corrected chi connectivity index (χ1v) is 9.24. The maximum absolute atomic E-state index is 12.1. The van der Waals surface area contributed by atoms with E-state index in [2.05, 4.69) is 15.2 Å². The SMILES string of the molecule is O=C(CCc1ccccc1Cl)Nc1nc(CN2CCOCC2)cs1. The highest BCUT2D eigenvalue weighted by Gasteiger charge is 2.13. The van der Waals surface area contributed by atoms with Gasteiger partial charge in [-0.25, -0.2) is 4.98 Å². The van der Waals surface area contributed by atoms with Crippen LogP contribution < -0.4 is 5.32 Å². The van der Waals surface area contributed by atoms with Crippen molar-refractivity contribution in [2.45, 2.75) is 19.4 Å². The van der Waals surface area contributed by atoms with Crippen LogP contribution in [0.3, 0.4) is 0 Å². The summed E-state index contributed by atoms with van der Waals surface area (Å²) in [7, 11) is 0. The quantitative estimate of drug-likeness (QED) is 0.854. The Bertz CT molecular complexity index is 686. The first-order valence-electron chi connectivity index (χ1n) is 7.98. The summed E-state index contributed by atoms with van der Waals surface area (Å²) in [6.45, 7) is 4.20. The number of ether oxygens (including phenoxy) is 1.